The third kappa shape index (κ3) is 1.80. The summed E-state index contributed by atoms with van der Waals surface area (Å²) in [4.78, 5) is 2.70. The van der Waals surface area contributed by atoms with Crippen LogP contribution in [0.2, 0.25) is 0 Å². The highest BCUT2D eigenvalue weighted by Crippen LogP contribution is 2.48. The molecule has 92 valence electrons. The van der Waals surface area contributed by atoms with Gasteiger partial charge < -0.3 is 5.73 Å². The summed E-state index contributed by atoms with van der Waals surface area (Å²) in [5, 5.41) is 0. The Kier molecular flexibility index (Phi) is 2.97. The van der Waals surface area contributed by atoms with E-state index in [1.54, 1.807) is 6.42 Å². The van der Waals surface area contributed by atoms with E-state index in [1.807, 2.05) is 0 Å². The number of nitrogens with zero attached hydrogens (tertiary/aromatic N) is 1. The topological polar surface area (TPSA) is 29.3 Å². The summed E-state index contributed by atoms with van der Waals surface area (Å²) in [6.45, 7) is 5.89. The minimum Gasteiger partial charge on any atom is -0.329 e. The van der Waals surface area contributed by atoms with Crippen molar-refractivity contribution in [1.29, 1.82) is 0 Å². The van der Waals surface area contributed by atoms with E-state index < -0.39 is 0 Å². The Morgan fingerprint density at radius 2 is 2.06 bits per heavy atom. The fraction of sp³-hybridized carbons (Fsp3) is 1.00. The van der Waals surface area contributed by atoms with Gasteiger partial charge in [-0.05, 0) is 55.9 Å². The van der Waals surface area contributed by atoms with Gasteiger partial charge in [-0.3, -0.25) is 4.90 Å². The largest absolute Gasteiger partial charge is 0.329 e. The lowest BCUT2D eigenvalue weighted by atomic mass is 9.88. The molecule has 2 saturated carbocycles. The monoisotopic (exact) mass is 222 g/mol. The Bertz CT molecular complexity index is 253. The fourth-order valence-electron chi connectivity index (χ4n) is 4.60. The van der Waals surface area contributed by atoms with Crippen LogP contribution in [-0.4, -0.2) is 30.6 Å². The molecule has 2 N–H and O–H groups in total. The van der Waals surface area contributed by atoms with Gasteiger partial charge in [0.05, 0.1) is 0 Å². The zero-order valence-electron chi connectivity index (χ0n) is 10.6. The van der Waals surface area contributed by atoms with Gasteiger partial charge in [0, 0.05) is 19.1 Å². The smallest absolute Gasteiger partial charge is 0.0244 e. The van der Waals surface area contributed by atoms with Crippen LogP contribution in [0.15, 0.2) is 0 Å². The van der Waals surface area contributed by atoms with E-state index in [0.717, 1.165) is 30.2 Å². The summed E-state index contributed by atoms with van der Waals surface area (Å²) in [5.41, 5.74) is 5.92. The van der Waals surface area contributed by atoms with Crippen molar-refractivity contribution in [3.05, 3.63) is 0 Å². The quantitative estimate of drug-likeness (QED) is 0.792. The normalized spacial score (nSPS) is 48.0. The van der Waals surface area contributed by atoms with Gasteiger partial charge in [-0.1, -0.05) is 13.3 Å². The predicted molar refractivity (Wildman–Crippen MR) is 67.1 cm³/mol. The molecule has 0 aromatic carbocycles. The SMILES string of the molecule is CC1CCN(CC2CC3CCC2C3)C1CN. The Labute approximate surface area is 99.6 Å². The van der Waals surface area contributed by atoms with Crippen molar-refractivity contribution in [3.8, 4) is 0 Å². The third-order valence-corrected chi connectivity index (χ3v) is 5.59. The maximum absolute atomic E-state index is 5.92. The van der Waals surface area contributed by atoms with Crippen molar-refractivity contribution in [3.63, 3.8) is 0 Å². The highest BCUT2D eigenvalue weighted by atomic mass is 15.2. The second-order valence-electron chi connectivity index (χ2n) is 6.50. The molecule has 1 saturated heterocycles. The molecule has 1 aliphatic heterocycles. The molecule has 0 spiro atoms. The van der Waals surface area contributed by atoms with E-state index in [0.29, 0.717) is 6.04 Å². The summed E-state index contributed by atoms with van der Waals surface area (Å²) in [7, 11) is 0. The lowest BCUT2D eigenvalue weighted by Crippen LogP contribution is -2.41. The molecule has 16 heavy (non-hydrogen) atoms. The number of fused-ring (bicyclic) bond motifs is 2. The molecule has 0 amide bonds. The first kappa shape index (κ1) is 11.0. The molecule has 2 aliphatic carbocycles. The van der Waals surface area contributed by atoms with Gasteiger partial charge in [0.25, 0.3) is 0 Å². The lowest BCUT2D eigenvalue weighted by Gasteiger charge is -2.31. The van der Waals surface area contributed by atoms with Crippen molar-refractivity contribution in [1.82, 2.24) is 4.90 Å². The first-order valence-electron chi connectivity index (χ1n) is 7.22. The van der Waals surface area contributed by atoms with Crippen LogP contribution in [0.3, 0.4) is 0 Å². The third-order valence-electron chi connectivity index (χ3n) is 5.59. The molecule has 1 heterocycles. The maximum Gasteiger partial charge on any atom is 0.0244 e. The molecular formula is C14H26N2. The van der Waals surface area contributed by atoms with E-state index >= 15 is 0 Å². The van der Waals surface area contributed by atoms with Gasteiger partial charge in [0.1, 0.15) is 0 Å². The van der Waals surface area contributed by atoms with Gasteiger partial charge in [-0.15, -0.1) is 0 Å². The number of rotatable bonds is 3. The van der Waals surface area contributed by atoms with Crippen LogP contribution in [0.25, 0.3) is 0 Å². The first-order chi connectivity index (χ1) is 7.78. The van der Waals surface area contributed by atoms with Gasteiger partial charge in [-0.2, -0.15) is 0 Å². The number of hydrogen-bond acceptors (Lipinski definition) is 2. The summed E-state index contributed by atoms with van der Waals surface area (Å²) in [5.74, 6) is 3.99. The minimum atomic E-state index is 0.680. The second kappa shape index (κ2) is 4.30. The van der Waals surface area contributed by atoms with Crippen LogP contribution in [0.5, 0.6) is 0 Å². The van der Waals surface area contributed by atoms with Crippen LogP contribution in [0.4, 0.5) is 0 Å². The Morgan fingerprint density at radius 3 is 2.69 bits per heavy atom. The summed E-state index contributed by atoms with van der Waals surface area (Å²) in [6.07, 6.45) is 7.47. The van der Waals surface area contributed by atoms with Crippen LogP contribution in [0.1, 0.15) is 39.0 Å². The molecule has 2 nitrogen and oxygen atoms in total. The van der Waals surface area contributed by atoms with Crippen molar-refractivity contribution in [2.45, 2.75) is 45.1 Å². The highest BCUT2D eigenvalue weighted by molar-refractivity contribution is 4.94. The number of hydrogen-bond donors (Lipinski definition) is 1. The average Bonchev–Trinajstić information content (AvgIpc) is 2.94. The second-order valence-corrected chi connectivity index (χ2v) is 6.50. The van der Waals surface area contributed by atoms with Crippen LogP contribution < -0.4 is 5.73 Å². The molecule has 2 bridgehead atoms. The minimum absolute atomic E-state index is 0.680. The van der Waals surface area contributed by atoms with Crippen LogP contribution in [0, 0.1) is 23.7 Å². The van der Waals surface area contributed by atoms with Gasteiger partial charge in [0.2, 0.25) is 0 Å². The fourth-order valence-corrected chi connectivity index (χ4v) is 4.60. The van der Waals surface area contributed by atoms with Crippen LogP contribution in [-0.2, 0) is 0 Å². The molecule has 3 fully saturated rings. The van der Waals surface area contributed by atoms with E-state index in [9.17, 15) is 0 Å². The van der Waals surface area contributed by atoms with Crippen molar-refractivity contribution >= 4 is 0 Å². The molecule has 0 aromatic rings. The number of likely N-dealkylation sites (tertiary alicyclic amines) is 1. The molecule has 5 atom stereocenters. The average molecular weight is 222 g/mol. The standard InChI is InChI=1S/C14H26N2/c1-10-4-5-16(14(10)8-15)9-13-7-11-2-3-12(13)6-11/h10-14H,2-9,15H2,1H3. The zero-order chi connectivity index (χ0) is 11.1. The van der Waals surface area contributed by atoms with Crippen molar-refractivity contribution in [2.24, 2.45) is 29.4 Å². The molecule has 5 unspecified atom stereocenters. The molecule has 0 aromatic heterocycles. The van der Waals surface area contributed by atoms with E-state index in [1.165, 1.54) is 38.8 Å². The Morgan fingerprint density at radius 1 is 1.19 bits per heavy atom. The van der Waals surface area contributed by atoms with Gasteiger partial charge >= 0.3 is 0 Å². The predicted octanol–water partition coefficient (Wildman–Crippen LogP) is 2.09. The van der Waals surface area contributed by atoms with Crippen molar-refractivity contribution in [2.75, 3.05) is 19.6 Å². The zero-order valence-corrected chi connectivity index (χ0v) is 10.6. The van der Waals surface area contributed by atoms with E-state index in [4.69, 9.17) is 5.73 Å². The highest BCUT2D eigenvalue weighted by Gasteiger charge is 2.41. The molecule has 0 radical (unpaired) electrons. The molecule has 3 rings (SSSR count). The Hall–Kier alpha value is -0.0800. The Balaban J connectivity index is 1.58. The summed E-state index contributed by atoms with van der Waals surface area (Å²) >= 11 is 0. The molecule has 2 heteroatoms. The summed E-state index contributed by atoms with van der Waals surface area (Å²) in [6, 6.07) is 0.680. The van der Waals surface area contributed by atoms with Crippen LogP contribution >= 0.6 is 0 Å². The van der Waals surface area contributed by atoms with Crippen molar-refractivity contribution < 1.29 is 0 Å². The first-order valence-corrected chi connectivity index (χ1v) is 7.22. The summed E-state index contributed by atoms with van der Waals surface area (Å²) < 4.78 is 0. The number of nitrogens with two attached hydrogens (primary N) is 1. The van der Waals surface area contributed by atoms with Gasteiger partial charge in [-0.25, -0.2) is 0 Å². The van der Waals surface area contributed by atoms with Gasteiger partial charge in [0.15, 0.2) is 0 Å². The molecular weight excluding hydrogens is 196 g/mol. The maximum atomic E-state index is 5.92. The lowest BCUT2D eigenvalue weighted by molar-refractivity contribution is 0.169. The van der Waals surface area contributed by atoms with E-state index in [-0.39, 0.29) is 0 Å². The molecule has 3 aliphatic rings. The van der Waals surface area contributed by atoms with E-state index in [2.05, 4.69) is 11.8 Å².